The molecule has 4 saturated carbocycles. The predicted molar refractivity (Wildman–Crippen MR) is 122 cm³/mol. The van der Waals surface area contributed by atoms with Gasteiger partial charge in [0.05, 0.1) is 11.6 Å². The van der Waals surface area contributed by atoms with Gasteiger partial charge in [-0.3, -0.25) is 0 Å². The van der Waals surface area contributed by atoms with E-state index in [1.54, 1.807) is 16.6 Å². The second-order valence-corrected chi connectivity index (χ2v) is 11.3. The third-order valence-electron chi connectivity index (χ3n) is 9.18. The predicted octanol–water partition coefficient (Wildman–Crippen LogP) is 6.78. The second-order valence-electron chi connectivity index (χ2n) is 10.4. The Hall–Kier alpha value is -1.74. The highest BCUT2D eigenvalue weighted by Gasteiger charge is 2.65. The summed E-state index contributed by atoms with van der Waals surface area (Å²) in [7, 11) is 2.32. The molecule has 4 bridgehead atoms. The van der Waals surface area contributed by atoms with E-state index in [0.29, 0.717) is 6.04 Å². The van der Waals surface area contributed by atoms with Gasteiger partial charge in [-0.05, 0) is 92.7 Å². The molecule has 0 radical (unpaired) electrons. The second kappa shape index (κ2) is 5.49. The summed E-state index contributed by atoms with van der Waals surface area (Å²) < 4.78 is 2.55. The Morgan fingerprint density at radius 2 is 1.66 bits per heavy atom. The molecule has 29 heavy (non-hydrogen) atoms. The first-order chi connectivity index (χ1) is 14.1. The summed E-state index contributed by atoms with van der Waals surface area (Å²) in [6, 6.07) is 12.0. The van der Waals surface area contributed by atoms with Crippen LogP contribution in [0.1, 0.15) is 61.9 Å². The fourth-order valence-electron chi connectivity index (χ4n) is 8.59. The lowest BCUT2D eigenvalue weighted by atomic mass is 9.47. The first-order valence-electron chi connectivity index (χ1n) is 11.5. The molecule has 8 rings (SSSR count). The minimum Gasteiger partial charge on any atom is -0.353 e. The largest absolute Gasteiger partial charge is 0.353 e. The van der Waals surface area contributed by atoms with E-state index < -0.39 is 0 Å². The maximum Gasteiger partial charge on any atom is 0.103 e. The molecule has 5 aliphatic rings. The highest BCUT2D eigenvalue weighted by Crippen LogP contribution is 2.70. The number of nitrogens with zero attached hydrogens (tertiary/aromatic N) is 2. The highest BCUT2D eigenvalue weighted by molar-refractivity contribution is 7.16. The molecule has 1 aromatic carbocycles. The Kier molecular flexibility index (Phi) is 3.22. The molecule has 4 fully saturated rings. The van der Waals surface area contributed by atoms with Crippen molar-refractivity contribution in [3.05, 3.63) is 52.5 Å². The third kappa shape index (κ3) is 1.86. The molecule has 150 valence electrons. The molecule has 1 atom stereocenters. The minimum atomic E-state index is 0.203. The van der Waals surface area contributed by atoms with Crippen molar-refractivity contribution in [3.8, 4) is 0 Å². The van der Waals surface area contributed by atoms with Gasteiger partial charge in [0.1, 0.15) is 4.83 Å². The number of aromatic nitrogens is 1. The van der Waals surface area contributed by atoms with Gasteiger partial charge in [0.15, 0.2) is 0 Å². The van der Waals surface area contributed by atoms with Crippen LogP contribution in [0.5, 0.6) is 0 Å². The Morgan fingerprint density at radius 1 is 0.966 bits per heavy atom. The number of fused-ring (bicyclic) bond motifs is 3. The third-order valence-corrected chi connectivity index (χ3v) is 10.2. The average Bonchev–Trinajstić information content (AvgIpc) is 3.34. The summed E-state index contributed by atoms with van der Waals surface area (Å²) in [6.45, 7) is 4.80. The Morgan fingerprint density at radius 3 is 2.34 bits per heavy atom. The lowest BCUT2D eigenvalue weighted by molar-refractivity contribution is -0.0596. The van der Waals surface area contributed by atoms with Gasteiger partial charge in [-0.15, -0.1) is 11.3 Å². The van der Waals surface area contributed by atoms with Crippen LogP contribution >= 0.6 is 11.3 Å². The van der Waals surface area contributed by atoms with E-state index in [9.17, 15) is 0 Å². The zero-order valence-corrected chi connectivity index (χ0v) is 18.5. The quantitative estimate of drug-likeness (QED) is 0.435. The fraction of sp³-hybridized carbons (Fsp3) is 0.538. The number of thiophene rings is 1. The number of anilines is 1. The van der Waals surface area contributed by atoms with Crippen LogP contribution in [0.2, 0.25) is 0 Å². The molecule has 2 aromatic heterocycles. The van der Waals surface area contributed by atoms with Crippen LogP contribution in [0.15, 0.2) is 35.7 Å². The van der Waals surface area contributed by atoms with Gasteiger partial charge in [0.2, 0.25) is 0 Å². The standard InChI is InChI=1S/C26H30N2S/c1-15-6-4-5-7-22(15)28-16(2)24-23(21-8-9-29-25(21)27(24)3)26(28)19-11-17-10-18(13-19)14-20(26)12-17/h4-9,16-20H,10-14H2,1-3H3. The molecule has 3 heteroatoms. The number of hydrogen-bond acceptors (Lipinski definition) is 2. The minimum absolute atomic E-state index is 0.203. The molecule has 1 unspecified atom stereocenters. The first-order valence-corrected chi connectivity index (χ1v) is 12.4. The maximum absolute atomic E-state index is 2.93. The van der Waals surface area contributed by atoms with Crippen LogP contribution in [0, 0.1) is 30.6 Å². The lowest BCUT2D eigenvalue weighted by Gasteiger charge is -2.64. The summed E-state index contributed by atoms with van der Waals surface area (Å²) in [5, 5.41) is 3.87. The zero-order chi connectivity index (χ0) is 19.5. The van der Waals surface area contributed by atoms with E-state index in [1.807, 2.05) is 11.3 Å². The van der Waals surface area contributed by atoms with E-state index in [2.05, 4.69) is 66.1 Å². The molecule has 0 N–H and O–H groups in total. The number of rotatable bonds is 1. The Bertz CT molecular complexity index is 1110. The fourth-order valence-corrected chi connectivity index (χ4v) is 9.47. The first kappa shape index (κ1) is 17.0. The van der Waals surface area contributed by atoms with Crippen LogP contribution in [0.25, 0.3) is 10.2 Å². The van der Waals surface area contributed by atoms with Crippen molar-refractivity contribution in [1.29, 1.82) is 0 Å². The van der Waals surface area contributed by atoms with Crippen molar-refractivity contribution in [1.82, 2.24) is 4.57 Å². The van der Waals surface area contributed by atoms with Crippen molar-refractivity contribution < 1.29 is 0 Å². The summed E-state index contributed by atoms with van der Waals surface area (Å²) in [4.78, 5) is 4.41. The van der Waals surface area contributed by atoms with Gasteiger partial charge in [0.25, 0.3) is 0 Å². The van der Waals surface area contributed by atoms with Gasteiger partial charge >= 0.3 is 0 Å². The molecule has 2 nitrogen and oxygen atoms in total. The highest BCUT2D eigenvalue weighted by atomic mass is 32.1. The molecule has 0 saturated heterocycles. The molecule has 1 spiro atoms. The summed E-state index contributed by atoms with van der Waals surface area (Å²) in [5.74, 6) is 3.60. The molecule has 3 heterocycles. The van der Waals surface area contributed by atoms with Gasteiger partial charge in [0, 0.05) is 29.4 Å². The topological polar surface area (TPSA) is 8.17 Å². The molecule has 4 aliphatic carbocycles. The molecule has 3 aromatic rings. The Labute approximate surface area is 177 Å². The average molecular weight is 403 g/mol. The van der Waals surface area contributed by atoms with Crippen molar-refractivity contribution >= 4 is 27.2 Å². The van der Waals surface area contributed by atoms with Gasteiger partial charge in [-0.2, -0.15) is 0 Å². The maximum atomic E-state index is 2.93. The Balaban J connectivity index is 1.57. The van der Waals surface area contributed by atoms with E-state index in [-0.39, 0.29) is 5.54 Å². The molecule has 0 amide bonds. The SMILES string of the molecule is Cc1ccccc1N1C(C)c2c(c3ccsc3n2C)C12C1CC3CC(C1)CC2C3. The van der Waals surface area contributed by atoms with Crippen LogP contribution in [-0.4, -0.2) is 4.57 Å². The van der Waals surface area contributed by atoms with Crippen molar-refractivity contribution in [3.63, 3.8) is 0 Å². The number of benzene rings is 1. The van der Waals surface area contributed by atoms with E-state index in [1.165, 1.54) is 48.2 Å². The zero-order valence-electron chi connectivity index (χ0n) is 17.7. The van der Waals surface area contributed by atoms with Crippen molar-refractivity contribution in [2.75, 3.05) is 4.90 Å². The van der Waals surface area contributed by atoms with Crippen LogP contribution in [-0.2, 0) is 12.6 Å². The normalized spacial score (nSPS) is 37.2. The summed E-state index contributed by atoms with van der Waals surface area (Å²) >= 11 is 1.93. The summed E-state index contributed by atoms with van der Waals surface area (Å²) in [5.41, 5.74) is 6.44. The van der Waals surface area contributed by atoms with Crippen LogP contribution < -0.4 is 4.90 Å². The van der Waals surface area contributed by atoms with E-state index in [0.717, 1.165) is 23.7 Å². The van der Waals surface area contributed by atoms with Gasteiger partial charge in [-0.25, -0.2) is 0 Å². The smallest absolute Gasteiger partial charge is 0.103 e. The van der Waals surface area contributed by atoms with E-state index in [4.69, 9.17) is 0 Å². The number of aryl methyl sites for hydroxylation is 2. The molecule has 1 aliphatic heterocycles. The number of hydrogen-bond donors (Lipinski definition) is 0. The van der Waals surface area contributed by atoms with Crippen LogP contribution in [0.4, 0.5) is 5.69 Å². The van der Waals surface area contributed by atoms with Gasteiger partial charge < -0.3 is 9.47 Å². The van der Waals surface area contributed by atoms with Crippen molar-refractivity contribution in [2.45, 2.75) is 57.5 Å². The lowest BCUT2D eigenvalue weighted by Crippen LogP contribution is -2.62. The van der Waals surface area contributed by atoms with Gasteiger partial charge in [-0.1, -0.05) is 18.2 Å². The van der Waals surface area contributed by atoms with Crippen molar-refractivity contribution in [2.24, 2.45) is 30.7 Å². The van der Waals surface area contributed by atoms with Crippen LogP contribution in [0.3, 0.4) is 0 Å². The molecular weight excluding hydrogens is 372 g/mol. The molecular formula is C26H30N2S. The van der Waals surface area contributed by atoms with E-state index >= 15 is 0 Å². The summed E-state index contributed by atoms with van der Waals surface area (Å²) in [6.07, 6.45) is 7.30. The number of para-hydroxylation sites is 1. The monoisotopic (exact) mass is 402 g/mol.